The molecule has 0 bridgehead atoms. The normalized spacial score (nSPS) is 17.9. The zero-order valence-corrected chi connectivity index (χ0v) is 10.7. The number of nitrogens with one attached hydrogen (secondary N) is 1. The molecule has 0 atom stereocenters. The van der Waals surface area contributed by atoms with Crippen LogP contribution in [0.1, 0.15) is 44.5 Å². The minimum atomic E-state index is -2.60. The molecule has 2 rings (SSSR count). The van der Waals surface area contributed by atoms with Crippen LogP contribution in [0, 0.1) is 0 Å². The maximum Gasteiger partial charge on any atom is 0.319 e. The average molecular weight is 271 g/mol. The molecule has 0 aliphatic heterocycles. The second kappa shape index (κ2) is 6.49. The van der Waals surface area contributed by atoms with Crippen LogP contribution in [-0.4, -0.2) is 21.6 Å². The molecular formula is C12H19F2N5. The number of hydrogen-bond donors (Lipinski definition) is 2. The van der Waals surface area contributed by atoms with Crippen molar-refractivity contribution < 1.29 is 8.78 Å². The predicted octanol–water partition coefficient (Wildman–Crippen LogP) is 2.02. The van der Waals surface area contributed by atoms with Crippen molar-refractivity contribution in [3.63, 3.8) is 0 Å². The number of aliphatic imine (C=N–C) groups is 1. The molecule has 1 aliphatic carbocycles. The van der Waals surface area contributed by atoms with Gasteiger partial charge >= 0.3 is 6.55 Å². The maximum absolute atomic E-state index is 12.6. The van der Waals surface area contributed by atoms with Gasteiger partial charge in [-0.15, -0.1) is 0 Å². The van der Waals surface area contributed by atoms with E-state index in [1.165, 1.54) is 31.7 Å². The first kappa shape index (κ1) is 13.8. The average Bonchev–Trinajstić information content (AvgIpc) is 2.86. The third-order valence-electron chi connectivity index (χ3n) is 3.31. The standard InChI is InChI=1S/C12H19F2N5/c13-11(14)19-7-6-16-10(19)8-17-12(15)18-9-4-2-1-3-5-9/h6-7,9,11H,1-5,8H2,(H3,15,17,18). The van der Waals surface area contributed by atoms with Crippen molar-refractivity contribution in [3.05, 3.63) is 18.2 Å². The van der Waals surface area contributed by atoms with Gasteiger partial charge in [0.25, 0.3) is 0 Å². The molecule has 7 heteroatoms. The highest BCUT2D eigenvalue weighted by Gasteiger charge is 2.14. The Morgan fingerprint density at radius 3 is 2.89 bits per heavy atom. The summed E-state index contributed by atoms with van der Waals surface area (Å²) in [6.45, 7) is -2.54. The van der Waals surface area contributed by atoms with Gasteiger partial charge in [0.15, 0.2) is 5.96 Å². The highest BCUT2D eigenvalue weighted by atomic mass is 19.3. The number of nitrogens with zero attached hydrogens (tertiary/aromatic N) is 3. The minimum Gasteiger partial charge on any atom is -0.370 e. The van der Waals surface area contributed by atoms with Crippen LogP contribution in [0.25, 0.3) is 0 Å². The predicted molar refractivity (Wildman–Crippen MR) is 68.8 cm³/mol. The first-order chi connectivity index (χ1) is 9.16. The molecule has 0 aromatic carbocycles. The van der Waals surface area contributed by atoms with Gasteiger partial charge in [-0.3, -0.25) is 4.57 Å². The lowest BCUT2D eigenvalue weighted by atomic mass is 9.96. The Bertz CT molecular complexity index is 424. The van der Waals surface area contributed by atoms with E-state index in [4.69, 9.17) is 5.73 Å². The van der Waals surface area contributed by atoms with Crippen molar-refractivity contribution in [2.45, 2.75) is 51.2 Å². The fraction of sp³-hybridized carbons (Fsp3) is 0.667. The molecule has 0 radical (unpaired) electrons. The summed E-state index contributed by atoms with van der Waals surface area (Å²) in [5.74, 6) is 0.513. The zero-order valence-electron chi connectivity index (χ0n) is 10.7. The molecule has 19 heavy (non-hydrogen) atoms. The Labute approximate surface area is 110 Å². The Morgan fingerprint density at radius 1 is 1.47 bits per heavy atom. The van der Waals surface area contributed by atoms with E-state index in [-0.39, 0.29) is 12.4 Å². The molecule has 3 N–H and O–H groups in total. The zero-order chi connectivity index (χ0) is 13.7. The van der Waals surface area contributed by atoms with Gasteiger partial charge in [0, 0.05) is 18.4 Å². The van der Waals surface area contributed by atoms with Crippen molar-refractivity contribution in [3.8, 4) is 0 Å². The van der Waals surface area contributed by atoms with E-state index < -0.39 is 6.55 Å². The van der Waals surface area contributed by atoms with Crippen LogP contribution in [-0.2, 0) is 6.54 Å². The molecule has 0 unspecified atom stereocenters. The molecular weight excluding hydrogens is 252 g/mol. The molecule has 1 aromatic rings. The molecule has 0 spiro atoms. The van der Waals surface area contributed by atoms with E-state index in [1.807, 2.05) is 0 Å². The smallest absolute Gasteiger partial charge is 0.319 e. The van der Waals surface area contributed by atoms with Gasteiger partial charge in [0.2, 0.25) is 0 Å². The van der Waals surface area contributed by atoms with Crippen LogP contribution in [0.15, 0.2) is 17.4 Å². The monoisotopic (exact) mass is 271 g/mol. The van der Waals surface area contributed by atoms with Gasteiger partial charge in [-0.1, -0.05) is 19.3 Å². The van der Waals surface area contributed by atoms with Crippen molar-refractivity contribution in [1.29, 1.82) is 0 Å². The van der Waals surface area contributed by atoms with Crippen molar-refractivity contribution in [1.82, 2.24) is 14.9 Å². The summed E-state index contributed by atoms with van der Waals surface area (Å²) in [7, 11) is 0. The van der Waals surface area contributed by atoms with E-state index >= 15 is 0 Å². The summed E-state index contributed by atoms with van der Waals surface area (Å²) in [6.07, 6.45) is 8.40. The van der Waals surface area contributed by atoms with Crippen LogP contribution in [0.2, 0.25) is 0 Å². The Balaban J connectivity index is 1.88. The number of alkyl halides is 2. The van der Waals surface area contributed by atoms with Crippen molar-refractivity contribution in [2.75, 3.05) is 0 Å². The van der Waals surface area contributed by atoms with Gasteiger partial charge in [0.1, 0.15) is 12.4 Å². The van der Waals surface area contributed by atoms with Gasteiger partial charge in [0.05, 0.1) is 0 Å². The number of rotatable bonds is 4. The summed E-state index contributed by atoms with van der Waals surface area (Å²) < 4.78 is 26.0. The van der Waals surface area contributed by atoms with Crippen LogP contribution < -0.4 is 11.1 Å². The van der Waals surface area contributed by atoms with Crippen molar-refractivity contribution in [2.24, 2.45) is 10.7 Å². The second-order valence-corrected chi connectivity index (χ2v) is 4.71. The Kier molecular flexibility index (Phi) is 4.70. The SMILES string of the molecule is NC(=NCc1nccn1C(F)F)NC1CCCCC1. The van der Waals surface area contributed by atoms with Crippen LogP contribution in [0.5, 0.6) is 0 Å². The van der Waals surface area contributed by atoms with Crippen molar-refractivity contribution >= 4 is 5.96 Å². The fourth-order valence-corrected chi connectivity index (χ4v) is 2.30. The van der Waals surface area contributed by atoms with Crippen LogP contribution in [0.4, 0.5) is 8.78 Å². The van der Waals surface area contributed by atoms with Gasteiger partial charge < -0.3 is 11.1 Å². The van der Waals surface area contributed by atoms with E-state index in [2.05, 4.69) is 15.3 Å². The summed E-state index contributed by atoms with van der Waals surface area (Å²) in [5, 5.41) is 3.13. The summed E-state index contributed by atoms with van der Waals surface area (Å²) in [5.41, 5.74) is 5.76. The Morgan fingerprint density at radius 2 is 2.21 bits per heavy atom. The molecule has 0 saturated heterocycles. The number of guanidine groups is 1. The lowest BCUT2D eigenvalue weighted by Gasteiger charge is -2.23. The molecule has 1 heterocycles. The molecule has 1 aromatic heterocycles. The molecule has 0 amide bonds. The molecule has 5 nitrogen and oxygen atoms in total. The lowest BCUT2D eigenvalue weighted by Crippen LogP contribution is -2.41. The van der Waals surface area contributed by atoms with E-state index in [0.717, 1.165) is 17.4 Å². The number of nitrogens with two attached hydrogens (primary N) is 1. The third kappa shape index (κ3) is 3.90. The van der Waals surface area contributed by atoms with E-state index in [0.29, 0.717) is 12.0 Å². The van der Waals surface area contributed by atoms with Gasteiger partial charge in [-0.05, 0) is 12.8 Å². The largest absolute Gasteiger partial charge is 0.370 e. The van der Waals surface area contributed by atoms with E-state index in [1.54, 1.807) is 0 Å². The topological polar surface area (TPSA) is 68.2 Å². The van der Waals surface area contributed by atoms with E-state index in [9.17, 15) is 8.78 Å². The summed E-state index contributed by atoms with van der Waals surface area (Å²) in [4.78, 5) is 7.92. The second-order valence-electron chi connectivity index (χ2n) is 4.71. The highest BCUT2D eigenvalue weighted by molar-refractivity contribution is 5.78. The molecule has 1 aliphatic rings. The quantitative estimate of drug-likeness (QED) is 0.650. The third-order valence-corrected chi connectivity index (χ3v) is 3.31. The highest BCUT2D eigenvalue weighted by Crippen LogP contribution is 2.17. The summed E-state index contributed by atoms with van der Waals surface area (Å²) >= 11 is 0. The lowest BCUT2D eigenvalue weighted by molar-refractivity contribution is 0.0671. The summed E-state index contributed by atoms with van der Waals surface area (Å²) in [6, 6.07) is 0.354. The first-order valence-corrected chi connectivity index (χ1v) is 6.53. The maximum atomic E-state index is 12.6. The van der Waals surface area contributed by atoms with Gasteiger partial charge in [-0.25, -0.2) is 9.98 Å². The first-order valence-electron chi connectivity index (χ1n) is 6.53. The van der Waals surface area contributed by atoms with Crippen LogP contribution >= 0.6 is 0 Å². The molecule has 1 saturated carbocycles. The Hall–Kier alpha value is -1.66. The number of aromatic nitrogens is 2. The fourth-order valence-electron chi connectivity index (χ4n) is 2.30. The number of imidazole rings is 1. The number of hydrogen-bond acceptors (Lipinski definition) is 2. The van der Waals surface area contributed by atoms with Crippen LogP contribution in [0.3, 0.4) is 0 Å². The number of halogens is 2. The van der Waals surface area contributed by atoms with Gasteiger partial charge in [-0.2, -0.15) is 8.78 Å². The minimum absolute atomic E-state index is 0.0584. The molecule has 106 valence electrons. The molecule has 1 fully saturated rings.